The van der Waals surface area contributed by atoms with E-state index >= 15 is 0 Å². The summed E-state index contributed by atoms with van der Waals surface area (Å²) in [5, 5.41) is 3.30. The smallest absolute Gasteiger partial charge is 0.264 e. The third-order valence-corrected chi connectivity index (χ3v) is 15.1. The molecular formula is C43H60ClIN4O6S. The topological polar surface area (TPSA) is 117 Å². The second-order valence-corrected chi connectivity index (χ2v) is 18.8. The summed E-state index contributed by atoms with van der Waals surface area (Å²) in [7, 11) is -2.53. The molecule has 56 heavy (non-hydrogen) atoms. The van der Waals surface area contributed by atoms with Crippen molar-refractivity contribution in [3.8, 4) is 5.75 Å². The van der Waals surface area contributed by atoms with Crippen LogP contribution in [0.5, 0.6) is 5.75 Å². The lowest BCUT2D eigenvalue weighted by Gasteiger charge is -2.44. The van der Waals surface area contributed by atoms with Gasteiger partial charge in [-0.25, -0.2) is 13.1 Å². The number of amides is 1. The predicted octanol–water partition coefficient (Wildman–Crippen LogP) is 6.96. The quantitative estimate of drug-likeness (QED) is 0.249. The normalized spacial score (nSPS) is 30.5. The molecule has 4 heterocycles. The van der Waals surface area contributed by atoms with Gasteiger partial charge in [-0.15, -0.1) is 0 Å². The number of carbonyl (C=O) groups is 2. The van der Waals surface area contributed by atoms with Gasteiger partial charge in [0.05, 0.1) is 17.5 Å². The monoisotopic (exact) mass is 922 g/mol. The van der Waals surface area contributed by atoms with Crippen molar-refractivity contribution in [2.75, 3.05) is 69.4 Å². The zero-order valence-electron chi connectivity index (χ0n) is 33.2. The number of aryl methyl sites for hydroxylation is 1. The molecule has 4 aliphatic heterocycles. The standard InChI is InChI=1S/C34H41ClN2O6S.C8H16N2.CH3I/c1-22-5-3-7-30(38)27-11-8-25(27)19-37-20-34(15-4-6-23-17-26(35)10-12-28(23)34)21-43-31-13-9-24(18-29(31)37)33(39)36-44(40,41)32(22)14-16-42-2;1-2-5-10-6-4-9-7-8(10)3-1;1-2/h3,7,9-10,12-13,17-18,22,25,27,32H,4-6,8,11,14-16,19-21H2,1-2H3,(H,36,39);8-9H,1-7H2;1H3/b7-3+;;/t22-,25-,27+,32+,34-;8-;/m01./s1. The molecule has 2 N–H and O–H groups in total. The molecule has 8 rings (SSSR count). The van der Waals surface area contributed by atoms with Crippen molar-refractivity contribution in [1.82, 2.24) is 14.9 Å². The van der Waals surface area contributed by atoms with Gasteiger partial charge in [0.15, 0.2) is 5.78 Å². The lowest BCUT2D eigenvalue weighted by atomic mass is 9.68. The van der Waals surface area contributed by atoms with Gasteiger partial charge in [-0.2, -0.15) is 0 Å². The van der Waals surface area contributed by atoms with E-state index in [-0.39, 0.29) is 47.5 Å². The Morgan fingerprint density at radius 3 is 2.66 bits per heavy atom. The molecule has 1 spiro atoms. The van der Waals surface area contributed by atoms with Crippen LogP contribution in [0.3, 0.4) is 0 Å². The number of halogens is 2. The number of ketones is 1. The SMILES string of the molecule is C1CCN2CCNC[C@H]2C1.CI.COCC[C@@H]1[C@@H](C)C/C=C/C(=O)[C@@H]2CC[C@H]2CN2C[C@@]3(CCCc4cc(Cl)ccc43)COc3ccc(cc32)C(=O)NS1(=O)=O. The minimum absolute atomic E-state index is 0.0880. The number of carbonyl (C=O) groups excluding carboxylic acids is 2. The first-order valence-electron chi connectivity index (χ1n) is 20.5. The van der Waals surface area contributed by atoms with Crippen molar-refractivity contribution in [3.63, 3.8) is 0 Å². The maximum atomic E-state index is 13.6. The van der Waals surface area contributed by atoms with Gasteiger partial charge in [0.25, 0.3) is 5.91 Å². The first-order valence-corrected chi connectivity index (χ1v) is 24.5. The van der Waals surface area contributed by atoms with E-state index in [9.17, 15) is 18.0 Å². The third-order valence-electron chi connectivity index (χ3n) is 12.9. The van der Waals surface area contributed by atoms with Crippen molar-refractivity contribution in [2.24, 2.45) is 17.8 Å². The van der Waals surface area contributed by atoms with Crippen LogP contribution >= 0.6 is 34.2 Å². The molecule has 0 unspecified atom stereocenters. The molecule has 1 amide bonds. The highest BCUT2D eigenvalue weighted by Crippen LogP contribution is 2.46. The number of piperazine rings is 1. The molecule has 6 aliphatic rings. The fourth-order valence-electron chi connectivity index (χ4n) is 9.69. The van der Waals surface area contributed by atoms with Crippen molar-refractivity contribution in [1.29, 1.82) is 0 Å². The van der Waals surface area contributed by atoms with Crippen molar-refractivity contribution in [2.45, 2.75) is 87.8 Å². The van der Waals surface area contributed by atoms with Gasteiger partial charge in [0.2, 0.25) is 10.0 Å². The number of sulfonamides is 1. The number of allylic oxidation sites excluding steroid dienone is 2. The van der Waals surface area contributed by atoms with Crippen LogP contribution in [-0.4, -0.2) is 101 Å². The minimum Gasteiger partial charge on any atom is -0.490 e. The molecule has 10 nitrogen and oxygen atoms in total. The second-order valence-electron chi connectivity index (χ2n) is 16.4. The van der Waals surface area contributed by atoms with Gasteiger partial charge >= 0.3 is 0 Å². The molecule has 2 aromatic carbocycles. The summed E-state index contributed by atoms with van der Waals surface area (Å²) in [5.74, 6) is -0.172. The fraction of sp³-hybridized carbons (Fsp3) is 0.628. The number of nitrogens with one attached hydrogen (secondary N) is 2. The van der Waals surface area contributed by atoms with Gasteiger partial charge in [0.1, 0.15) is 5.75 Å². The van der Waals surface area contributed by atoms with Gasteiger partial charge in [-0.1, -0.05) is 59.7 Å². The number of anilines is 1. The number of rotatable bonds is 3. The number of fused-ring (bicyclic) bond motifs is 5. The summed E-state index contributed by atoms with van der Waals surface area (Å²) in [4.78, 5) is 33.8. The number of alkyl halides is 1. The average Bonchev–Trinajstić information content (AvgIpc) is 3.33. The predicted molar refractivity (Wildman–Crippen MR) is 233 cm³/mol. The number of ether oxygens (including phenoxy) is 2. The first-order chi connectivity index (χ1) is 27.1. The Morgan fingerprint density at radius 1 is 1.05 bits per heavy atom. The maximum absolute atomic E-state index is 13.6. The Balaban J connectivity index is 0.000000378. The minimum atomic E-state index is -4.05. The van der Waals surface area contributed by atoms with Crippen LogP contribution < -0.4 is 19.7 Å². The van der Waals surface area contributed by atoms with E-state index in [1.165, 1.54) is 63.7 Å². The molecule has 0 radical (unpaired) electrons. The van der Waals surface area contributed by atoms with Crippen molar-refractivity contribution in [3.05, 3.63) is 70.3 Å². The van der Waals surface area contributed by atoms with E-state index < -0.39 is 21.2 Å². The second kappa shape index (κ2) is 19.7. The van der Waals surface area contributed by atoms with Gasteiger partial charge in [-0.3, -0.25) is 14.5 Å². The lowest BCUT2D eigenvalue weighted by Crippen LogP contribution is -2.53. The highest BCUT2D eigenvalue weighted by molar-refractivity contribution is 14.1. The summed E-state index contributed by atoms with van der Waals surface area (Å²) in [6.45, 7) is 8.91. The molecule has 6 atom stereocenters. The Labute approximate surface area is 353 Å². The maximum Gasteiger partial charge on any atom is 0.264 e. The molecule has 2 aliphatic carbocycles. The van der Waals surface area contributed by atoms with E-state index in [1.807, 2.05) is 17.9 Å². The van der Waals surface area contributed by atoms with E-state index in [4.69, 9.17) is 21.1 Å². The van der Waals surface area contributed by atoms with Crippen LogP contribution in [0, 0.1) is 17.8 Å². The van der Waals surface area contributed by atoms with Gasteiger partial charge in [0, 0.05) is 74.4 Å². The molecular weight excluding hydrogens is 863 g/mol. The van der Waals surface area contributed by atoms with Crippen molar-refractivity contribution >= 4 is 61.6 Å². The fourth-order valence-corrected chi connectivity index (χ4v) is 11.5. The summed E-state index contributed by atoms with van der Waals surface area (Å²) in [6.07, 6.45) is 13.0. The number of nitrogens with zero attached hydrogens (tertiary/aromatic N) is 2. The summed E-state index contributed by atoms with van der Waals surface area (Å²) >= 11 is 8.54. The van der Waals surface area contributed by atoms with E-state index in [2.05, 4.69) is 54.6 Å². The van der Waals surface area contributed by atoms with E-state index in [0.29, 0.717) is 31.9 Å². The van der Waals surface area contributed by atoms with Crippen LogP contribution in [0.2, 0.25) is 5.02 Å². The highest BCUT2D eigenvalue weighted by atomic mass is 127. The molecule has 2 bridgehead atoms. The summed E-state index contributed by atoms with van der Waals surface area (Å²) in [6, 6.07) is 12.1. The highest BCUT2D eigenvalue weighted by Gasteiger charge is 2.44. The first kappa shape index (κ1) is 43.4. The number of piperidine rings is 1. The molecule has 2 aromatic rings. The van der Waals surface area contributed by atoms with E-state index in [0.717, 1.165) is 48.9 Å². The molecule has 13 heteroatoms. The summed E-state index contributed by atoms with van der Waals surface area (Å²) in [5.41, 5.74) is 3.17. The zero-order chi connectivity index (χ0) is 39.9. The molecule has 1 saturated carbocycles. The lowest BCUT2D eigenvalue weighted by molar-refractivity contribution is -0.122. The number of hydrogen-bond donors (Lipinski definition) is 2. The molecule has 3 fully saturated rings. The van der Waals surface area contributed by atoms with Crippen LogP contribution in [0.4, 0.5) is 5.69 Å². The summed E-state index contributed by atoms with van der Waals surface area (Å²) < 4.78 is 41.2. The average molecular weight is 923 g/mol. The van der Waals surface area contributed by atoms with Crippen LogP contribution in [0.15, 0.2) is 48.6 Å². The zero-order valence-corrected chi connectivity index (χ0v) is 37.0. The number of hydrogen-bond acceptors (Lipinski definition) is 9. The Morgan fingerprint density at radius 2 is 1.89 bits per heavy atom. The van der Waals surface area contributed by atoms with Crippen LogP contribution in [0.25, 0.3) is 0 Å². The third kappa shape index (κ3) is 9.96. The molecule has 2 saturated heterocycles. The van der Waals surface area contributed by atoms with Crippen molar-refractivity contribution < 1.29 is 27.5 Å². The van der Waals surface area contributed by atoms with Gasteiger partial charge in [-0.05, 0) is 129 Å². The van der Waals surface area contributed by atoms with E-state index in [1.54, 1.807) is 30.4 Å². The Kier molecular flexibility index (Phi) is 15.2. The number of benzene rings is 2. The molecule has 308 valence electrons. The van der Waals surface area contributed by atoms with Crippen LogP contribution in [-0.2, 0) is 31.4 Å². The Bertz CT molecular complexity index is 1800. The number of methoxy groups -OCH3 is 1. The molecule has 0 aromatic heterocycles. The Hall–Kier alpha value is -2.23. The largest absolute Gasteiger partial charge is 0.490 e. The van der Waals surface area contributed by atoms with Crippen LogP contribution in [0.1, 0.15) is 86.2 Å². The van der Waals surface area contributed by atoms with Gasteiger partial charge < -0.3 is 19.7 Å².